The lowest BCUT2D eigenvalue weighted by molar-refractivity contribution is -0.115. The van der Waals surface area contributed by atoms with Gasteiger partial charge in [-0.3, -0.25) is 9.59 Å². The van der Waals surface area contributed by atoms with Gasteiger partial charge in [0.2, 0.25) is 5.91 Å². The Labute approximate surface area is 179 Å². The Morgan fingerprint density at radius 3 is 2.74 bits per heavy atom. The summed E-state index contributed by atoms with van der Waals surface area (Å²) in [6.45, 7) is 5.95. The van der Waals surface area contributed by atoms with Gasteiger partial charge in [0.25, 0.3) is 5.91 Å². The normalized spacial score (nSPS) is 12.7. The number of fused-ring (bicyclic) bond motifs is 2. The van der Waals surface area contributed by atoms with Gasteiger partial charge in [0, 0.05) is 22.7 Å². The molecular formula is C24H21N5O2. The van der Waals surface area contributed by atoms with Crippen LogP contribution < -0.4 is 10.6 Å². The number of nitrogens with one attached hydrogen (secondary N) is 2. The average molecular weight is 411 g/mol. The molecule has 3 heterocycles. The van der Waals surface area contributed by atoms with Crippen LogP contribution in [0.3, 0.4) is 0 Å². The van der Waals surface area contributed by atoms with Crippen LogP contribution in [0.15, 0.2) is 48.5 Å². The van der Waals surface area contributed by atoms with E-state index in [1.165, 1.54) is 0 Å². The van der Waals surface area contributed by atoms with Crippen molar-refractivity contribution in [2.24, 2.45) is 0 Å². The fraction of sp³-hybridized carbons (Fsp3) is 0.167. The Hall–Kier alpha value is -4.00. The lowest BCUT2D eigenvalue weighted by Gasteiger charge is -2.12. The molecule has 0 aliphatic carbocycles. The number of hydrogen-bond donors (Lipinski definition) is 2. The lowest BCUT2D eigenvalue weighted by Crippen LogP contribution is -2.16. The second kappa shape index (κ2) is 7.05. The van der Waals surface area contributed by atoms with Crippen LogP contribution in [-0.2, 0) is 11.2 Å². The third-order valence-electron chi connectivity index (χ3n) is 5.52. The van der Waals surface area contributed by atoms with Gasteiger partial charge in [-0.25, -0.2) is 4.98 Å². The molecule has 2 amide bonds. The Balaban J connectivity index is 1.51. The average Bonchev–Trinajstić information content (AvgIpc) is 3.29. The molecular weight excluding hydrogens is 390 g/mol. The summed E-state index contributed by atoms with van der Waals surface area (Å²) in [5.41, 5.74) is 5.92. The summed E-state index contributed by atoms with van der Waals surface area (Å²) in [6.07, 6.45) is 0.285. The monoisotopic (exact) mass is 411 g/mol. The molecule has 0 fully saturated rings. The number of rotatable bonds is 3. The number of carbonyl (C=O) groups excluding carboxylic acids is 2. The highest BCUT2D eigenvalue weighted by Gasteiger charge is 2.20. The van der Waals surface area contributed by atoms with E-state index in [0.29, 0.717) is 17.2 Å². The van der Waals surface area contributed by atoms with Crippen LogP contribution in [0.5, 0.6) is 0 Å². The predicted octanol–water partition coefficient (Wildman–Crippen LogP) is 4.09. The molecule has 2 aromatic carbocycles. The third kappa shape index (κ3) is 3.34. The molecule has 31 heavy (non-hydrogen) atoms. The molecule has 0 saturated carbocycles. The Bertz CT molecular complexity index is 1390. The van der Waals surface area contributed by atoms with Crippen LogP contribution >= 0.6 is 0 Å². The summed E-state index contributed by atoms with van der Waals surface area (Å²) < 4.78 is 1.66. The van der Waals surface area contributed by atoms with E-state index in [4.69, 9.17) is 4.98 Å². The molecule has 0 unspecified atom stereocenters. The van der Waals surface area contributed by atoms with Crippen molar-refractivity contribution in [2.45, 2.75) is 27.2 Å². The van der Waals surface area contributed by atoms with Crippen molar-refractivity contribution in [1.82, 2.24) is 14.8 Å². The topological polar surface area (TPSA) is 88.9 Å². The number of hydrogen-bond acceptors (Lipinski definition) is 4. The molecule has 0 spiro atoms. The number of nitrogens with zero attached hydrogens (tertiary/aromatic N) is 3. The summed E-state index contributed by atoms with van der Waals surface area (Å²) in [7, 11) is 0. The Kier molecular flexibility index (Phi) is 4.32. The molecule has 0 saturated heterocycles. The minimum Gasteiger partial charge on any atom is -0.326 e. The second-order valence-corrected chi connectivity index (χ2v) is 7.90. The summed E-state index contributed by atoms with van der Waals surface area (Å²) in [6, 6.07) is 15.1. The maximum Gasteiger partial charge on any atom is 0.256 e. The standard InChI is InChI=1S/C24H21N5O2/c1-13-5-4-6-18-14(2)9-20(26-23(13)18)29-21(10-15(3)28-29)27-24(31)16-7-8-19-17(11-16)12-22(30)25-19/h4-11H,12H2,1-3H3,(H,25,30)(H,27,31). The SMILES string of the molecule is Cc1cc(NC(=O)c2ccc3c(c2)CC(=O)N3)n(-c2cc(C)c3cccc(C)c3n2)n1. The zero-order chi connectivity index (χ0) is 21.7. The molecule has 2 aromatic heterocycles. The van der Waals surface area contributed by atoms with Crippen LogP contribution in [0.2, 0.25) is 0 Å². The first kappa shape index (κ1) is 19.0. The maximum atomic E-state index is 12.9. The van der Waals surface area contributed by atoms with E-state index >= 15 is 0 Å². The van der Waals surface area contributed by atoms with Crippen molar-refractivity contribution in [1.29, 1.82) is 0 Å². The summed E-state index contributed by atoms with van der Waals surface area (Å²) in [4.78, 5) is 29.4. The van der Waals surface area contributed by atoms with Crippen molar-refractivity contribution in [3.05, 3.63) is 76.5 Å². The number of aryl methyl sites for hydroxylation is 3. The van der Waals surface area contributed by atoms with Gasteiger partial charge in [0.15, 0.2) is 5.82 Å². The highest BCUT2D eigenvalue weighted by atomic mass is 16.2. The summed E-state index contributed by atoms with van der Waals surface area (Å²) in [5, 5.41) is 11.4. The van der Waals surface area contributed by atoms with Gasteiger partial charge in [0.05, 0.1) is 17.6 Å². The molecule has 0 radical (unpaired) electrons. The first-order valence-corrected chi connectivity index (χ1v) is 10.1. The van der Waals surface area contributed by atoms with Crippen LogP contribution in [0.4, 0.5) is 11.5 Å². The number of amides is 2. The minimum atomic E-state index is -0.267. The van der Waals surface area contributed by atoms with Crippen LogP contribution in [0.1, 0.15) is 32.7 Å². The molecule has 2 N–H and O–H groups in total. The van der Waals surface area contributed by atoms with Gasteiger partial charge in [-0.1, -0.05) is 18.2 Å². The zero-order valence-electron chi connectivity index (χ0n) is 17.5. The fourth-order valence-electron chi connectivity index (χ4n) is 3.97. The number of para-hydroxylation sites is 1. The molecule has 154 valence electrons. The molecule has 7 heteroatoms. The fourth-order valence-corrected chi connectivity index (χ4v) is 3.97. The minimum absolute atomic E-state index is 0.0608. The summed E-state index contributed by atoms with van der Waals surface area (Å²) >= 11 is 0. The van der Waals surface area contributed by atoms with Crippen molar-refractivity contribution >= 4 is 34.2 Å². The van der Waals surface area contributed by atoms with E-state index in [1.807, 2.05) is 45.0 Å². The summed E-state index contributed by atoms with van der Waals surface area (Å²) in [5.74, 6) is 0.856. The van der Waals surface area contributed by atoms with E-state index < -0.39 is 0 Å². The Morgan fingerprint density at radius 1 is 1.06 bits per heavy atom. The van der Waals surface area contributed by atoms with E-state index in [0.717, 1.165) is 39.0 Å². The highest BCUT2D eigenvalue weighted by molar-refractivity contribution is 6.06. The van der Waals surface area contributed by atoms with Gasteiger partial charge < -0.3 is 10.6 Å². The lowest BCUT2D eigenvalue weighted by atomic mass is 10.1. The van der Waals surface area contributed by atoms with E-state index in [9.17, 15) is 9.59 Å². The first-order chi connectivity index (χ1) is 14.9. The molecule has 4 aromatic rings. The first-order valence-electron chi connectivity index (χ1n) is 10.1. The molecule has 0 atom stereocenters. The van der Waals surface area contributed by atoms with E-state index in [-0.39, 0.29) is 18.2 Å². The van der Waals surface area contributed by atoms with Crippen LogP contribution in [-0.4, -0.2) is 26.6 Å². The van der Waals surface area contributed by atoms with Crippen molar-refractivity contribution in [3.8, 4) is 5.82 Å². The largest absolute Gasteiger partial charge is 0.326 e. The van der Waals surface area contributed by atoms with E-state index in [2.05, 4.69) is 21.8 Å². The third-order valence-corrected chi connectivity index (χ3v) is 5.52. The quantitative estimate of drug-likeness (QED) is 0.531. The number of pyridine rings is 1. The second-order valence-electron chi connectivity index (χ2n) is 7.90. The smallest absolute Gasteiger partial charge is 0.256 e. The molecule has 1 aliphatic heterocycles. The zero-order valence-corrected chi connectivity index (χ0v) is 17.5. The van der Waals surface area contributed by atoms with Crippen LogP contribution in [0.25, 0.3) is 16.7 Å². The number of benzene rings is 2. The molecule has 1 aliphatic rings. The van der Waals surface area contributed by atoms with Gasteiger partial charge in [-0.15, -0.1) is 0 Å². The number of aromatic nitrogens is 3. The number of carbonyl (C=O) groups is 2. The maximum absolute atomic E-state index is 12.9. The Morgan fingerprint density at radius 2 is 1.90 bits per heavy atom. The number of anilines is 2. The van der Waals surface area contributed by atoms with Crippen molar-refractivity contribution < 1.29 is 9.59 Å². The molecule has 0 bridgehead atoms. The van der Waals surface area contributed by atoms with Crippen LogP contribution in [0, 0.1) is 20.8 Å². The van der Waals surface area contributed by atoms with E-state index in [1.54, 1.807) is 22.9 Å². The van der Waals surface area contributed by atoms with Crippen molar-refractivity contribution in [3.63, 3.8) is 0 Å². The molecule has 5 rings (SSSR count). The predicted molar refractivity (Wildman–Crippen MR) is 120 cm³/mol. The van der Waals surface area contributed by atoms with Crippen molar-refractivity contribution in [2.75, 3.05) is 10.6 Å². The van der Waals surface area contributed by atoms with Gasteiger partial charge >= 0.3 is 0 Å². The van der Waals surface area contributed by atoms with Gasteiger partial charge in [-0.05, 0) is 61.7 Å². The molecule has 7 nitrogen and oxygen atoms in total. The van der Waals surface area contributed by atoms with Gasteiger partial charge in [0.1, 0.15) is 5.82 Å². The van der Waals surface area contributed by atoms with Gasteiger partial charge in [-0.2, -0.15) is 9.78 Å². The highest BCUT2D eigenvalue weighted by Crippen LogP contribution is 2.26.